The van der Waals surface area contributed by atoms with Gasteiger partial charge in [0.05, 0.1) is 37.9 Å². The normalized spacial score (nSPS) is 20.2. The third-order valence-electron chi connectivity index (χ3n) is 15.4. The number of phenolic OH excluding ortho intramolecular Hbond substituents is 2. The number of hydroxylamine groups is 2. The van der Waals surface area contributed by atoms with E-state index in [2.05, 4.69) is 63.5 Å². The molecule has 0 aromatic heterocycles. The summed E-state index contributed by atoms with van der Waals surface area (Å²) in [5.41, 5.74) is 22.7. The number of fused-ring (bicyclic) bond motifs is 3. The summed E-state index contributed by atoms with van der Waals surface area (Å²) >= 11 is 0. The lowest BCUT2D eigenvalue weighted by Crippen LogP contribution is -3.20. The van der Waals surface area contributed by atoms with Crippen LogP contribution in [-0.4, -0.2) is 232 Å². The van der Waals surface area contributed by atoms with Gasteiger partial charge in [0.25, 0.3) is 11.8 Å². The smallest absolute Gasteiger partial charge is 0.279 e. The molecule has 24 N–H and O–H groups in total. The lowest BCUT2D eigenvalue weighted by Gasteiger charge is -2.42. The number of aliphatic imine (C=N–C) groups is 1. The molecule has 4 heterocycles. The Labute approximate surface area is 527 Å². The lowest BCUT2D eigenvalue weighted by molar-refractivity contribution is -0.881. The topological polar surface area (TPSA) is 580 Å². The molecule has 37 nitrogen and oxygen atoms in total. The number of likely N-dealkylation sites (tertiary alicyclic amines) is 1. The number of hydrogen-bond donors (Lipinski definition) is 20. The molecule has 4 aliphatic heterocycles. The number of nitrogens with two attached hydrogens (primary N) is 4. The van der Waals surface area contributed by atoms with Gasteiger partial charge in [-0.15, -0.1) is 0 Å². The van der Waals surface area contributed by atoms with E-state index in [9.17, 15) is 87.7 Å². The minimum Gasteiger partial charge on any atom is -0.504 e. The first-order valence-electron chi connectivity index (χ1n) is 29.8. The highest BCUT2D eigenvalue weighted by Crippen LogP contribution is 2.34. The van der Waals surface area contributed by atoms with Crippen LogP contribution < -0.4 is 86.3 Å². The maximum absolute atomic E-state index is 14.1. The number of unbranched alkanes of at least 4 members (excludes halogenated alkanes) is 1. The number of quaternary nitrogens is 1. The molecule has 0 aliphatic carbocycles. The van der Waals surface area contributed by atoms with Crippen LogP contribution in [0.4, 0.5) is 5.69 Å². The lowest BCUT2D eigenvalue weighted by atomic mass is 9.96. The molecule has 11 atom stereocenters. The average Bonchev–Trinajstić information content (AvgIpc) is 0.753. The Hall–Kier alpha value is -9.59. The summed E-state index contributed by atoms with van der Waals surface area (Å²) in [6.45, 7) is 0.819. The largest absolute Gasteiger partial charge is 0.504 e. The number of hydrogen-bond acceptors (Lipinski definition) is 22. The second kappa shape index (κ2) is 34.6. The number of aliphatic hydroxyl groups excluding tert-OH is 1. The second-order valence-electron chi connectivity index (χ2n) is 22.5. The van der Waals surface area contributed by atoms with Crippen molar-refractivity contribution in [3.8, 4) is 11.5 Å². The zero-order chi connectivity index (χ0) is 68.1. The molecular formula is C55H84N19O18+. The van der Waals surface area contributed by atoms with Crippen molar-refractivity contribution in [2.24, 2.45) is 27.9 Å². The van der Waals surface area contributed by atoms with E-state index in [0.29, 0.717) is 48.4 Å². The summed E-state index contributed by atoms with van der Waals surface area (Å²) in [5.74, 6) is -13.2. The van der Waals surface area contributed by atoms with Crippen LogP contribution >= 0.6 is 0 Å². The highest BCUT2D eigenvalue weighted by molar-refractivity contribution is 6.01. The molecule has 506 valence electrons. The van der Waals surface area contributed by atoms with Crippen molar-refractivity contribution in [2.75, 3.05) is 52.9 Å². The number of aliphatic hydroxyl groups is 1. The predicted molar refractivity (Wildman–Crippen MR) is 319 cm³/mol. The van der Waals surface area contributed by atoms with Crippen LogP contribution in [0.3, 0.4) is 0 Å². The van der Waals surface area contributed by atoms with Gasteiger partial charge in [0.1, 0.15) is 53.8 Å². The molecule has 11 unspecified atom stereocenters. The van der Waals surface area contributed by atoms with Gasteiger partial charge < -0.3 is 96.3 Å². The van der Waals surface area contributed by atoms with Crippen LogP contribution in [0.25, 0.3) is 6.08 Å². The summed E-state index contributed by atoms with van der Waals surface area (Å²) in [4.78, 5) is 188. The highest BCUT2D eigenvalue weighted by Gasteiger charge is 2.47. The summed E-state index contributed by atoms with van der Waals surface area (Å²) in [6, 6.07) is -9.27. The SMILES string of the molecule is CC(NC(=O)C(CO)NC(=O)C1CCN=C(C(CCC(N)=O)NC(=O)C(CC(N)=O)N(O)C(=O)CNC(=O)CNC(=O)C(CCCCN)NC(=O)C(C)NC(=O)C2CCNC3C(NC(=O)CCC(N)=O)=Cc4cc(O)c(O)cc4[NH+]23)N1)C(=O)NC1CCCN(C)C1=O. The first-order chi connectivity index (χ1) is 43.5. The number of benzene rings is 1. The number of likely N-dealkylation sites (N-methyl/N-ethyl adjacent to an activating group) is 1. The van der Waals surface area contributed by atoms with Crippen molar-refractivity contribution in [1.82, 2.24) is 68.4 Å². The zero-order valence-corrected chi connectivity index (χ0v) is 51.1. The number of amides is 14. The quantitative estimate of drug-likeness (QED) is 0.0102. The molecule has 0 spiro atoms. The van der Waals surface area contributed by atoms with E-state index in [1.807, 2.05) is 0 Å². The molecule has 2 fully saturated rings. The summed E-state index contributed by atoms with van der Waals surface area (Å²) in [6.07, 6.45) is 0.478. The molecule has 1 aromatic rings. The van der Waals surface area contributed by atoms with Crippen molar-refractivity contribution in [1.29, 1.82) is 0 Å². The van der Waals surface area contributed by atoms with E-state index < -0.39 is 181 Å². The molecule has 1 aromatic carbocycles. The molecule has 0 radical (unpaired) electrons. The maximum Gasteiger partial charge on any atom is 0.279 e. The fraction of sp³-hybridized carbons (Fsp3) is 0.582. The van der Waals surface area contributed by atoms with E-state index in [0.717, 1.165) is 0 Å². The number of nitrogens with zero attached hydrogens (tertiary/aromatic N) is 3. The van der Waals surface area contributed by atoms with E-state index in [1.165, 1.54) is 37.0 Å². The summed E-state index contributed by atoms with van der Waals surface area (Å²) in [7, 11) is 1.59. The third-order valence-corrected chi connectivity index (χ3v) is 15.4. The summed E-state index contributed by atoms with van der Waals surface area (Å²) in [5, 5.41) is 70.0. The maximum atomic E-state index is 14.1. The third kappa shape index (κ3) is 21.0. The molecule has 0 saturated carbocycles. The van der Waals surface area contributed by atoms with Gasteiger partial charge in [-0.1, -0.05) is 0 Å². The van der Waals surface area contributed by atoms with Gasteiger partial charge in [-0.3, -0.25) is 87.5 Å². The fourth-order valence-electron chi connectivity index (χ4n) is 10.4. The first kappa shape index (κ1) is 73.1. The Morgan fingerprint density at radius 3 is 2.12 bits per heavy atom. The molecule has 2 saturated heterocycles. The minimum atomic E-state index is -2.09. The Bertz CT molecular complexity index is 3040. The van der Waals surface area contributed by atoms with Gasteiger partial charge in [-0.25, -0.2) is 5.06 Å². The van der Waals surface area contributed by atoms with E-state index in [1.54, 1.807) is 7.05 Å². The monoisotopic (exact) mass is 1300 g/mol. The molecule has 0 bridgehead atoms. The first-order valence-corrected chi connectivity index (χ1v) is 29.8. The van der Waals surface area contributed by atoms with Gasteiger partial charge in [0.2, 0.25) is 70.9 Å². The zero-order valence-electron chi connectivity index (χ0n) is 51.1. The number of rotatable bonds is 33. The van der Waals surface area contributed by atoms with Crippen LogP contribution in [0.2, 0.25) is 0 Å². The van der Waals surface area contributed by atoms with Crippen molar-refractivity contribution >= 4 is 100 Å². The number of carbonyl (C=O) groups is 14. The molecule has 14 amide bonds. The number of primary amides is 3. The van der Waals surface area contributed by atoms with Gasteiger partial charge >= 0.3 is 0 Å². The van der Waals surface area contributed by atoms with Gasteiger partial charge in [0.15, 0.2) is 23.7 Å². The molecule has 37 heteroatoms. The number of nitrogens with one attached hydrogen (secondary N) is 12. The highest BCUT2D eigenvalue weighted by atomic mass is 16.5. The van der Waals surface area contributed by atoms with Crippen molar-refractivity contribution in [3.63, 3.8) is 0 Å². The van der Waals surface area contributed by atoms with E-state index in [-0.39, 0.29) is 80.7 Å². The Balaban J connectivity index is 1.16. The van der Waals surface area contributed by atoms with E-state index >= 15 is 0 Å². The van der Waals surface area contributed by atoms with Gasteiger partial charge in [-0.05, 0) is 77.5 Å². The second-order valence-corrected chi connectivity index (χ2v) is 22.5. The Morgan fingerprint density at radius 2 is 1.45 bits per heavy atom. The standard InChI is InChI=1S/C55H83N19O18/c1-26(49(85)70-32-8-6-18-72(3)55(32)91)64-52(88)34(25-75)71-51(87)31-13-16-60-46(67-31)29(9-10-40(57)78)68-54(90)37(22-42(59)80)74(92)45(83)24-62-44(82)23-63-50(86)30(7-4-5-15-56)69-48(84)27(2)65-53(89)35-14-17-61-47-33(66-43(81)12-11-41(58)79)19-28-20-38(76)39(77)21-36(28)73(35)47/h19-21,26-27,29-32,34-35,37,47,61,75-77,92H,4-18,22-25,56H2,1-3H3,(H2,57,78)(H2,58,79)(H2,59,80)(H,60,67)(H,62,82)(H,63,86)(H,64,88)(H,65,89)(H,66,81)(H,68,90)(H,69,84)(H,70,85)(H,71,87)/p+1. The molecule has 4 aliphatic rings. The molecular weight excluding hydrogens is 1210 g/mol. The van der Waals surface area contributed by atoms with Crippen molar-refractivity contribution in [2.45, 2.75) is 151 Å². The van der Waals surface area contributed by atoms with E-state index in [4.69, 9.17) is 22.9 Å². The Kier molecular flexibility index (Phi) is 27.5. The molecule has 5 rings (SSSR count). The number of amidine groups is 1. The number of phenols is 2. The fourth-order valence-corrected chi connectivity index (χ4v) is 10.4. The molecule has 92 heavy (non-hydrogen) atoms. The summed E-state index contributed by atoms with van der Waals surface area (Å²) < 4.78 is 0. The van der Waals surface area contributed by atoms with Crippen LogP contribution in [0.5, 0.6) is 11.5 Å². The number of aromatic hydroxyl groups is 2. The van der Waals surface area contributed by atoms with Crippen LogP contribution in [0, 0.1) is 0 Å². The minimum absolute atomic E-state index is 0.00183. The van der Waals surface area contributed by atoms with Crippen molar-refractivity contribution < 1.29 is 92.6 Å². The van der Waals surface area contributed by atoms with Gasteiger partial charge in [-0.2, -0.15) is 0 Å². The number of piperidine rings is 1. The van der Waals surface area contributed by atoms with Crippen LogP contribution in [-0.2, 0) is 67.1 Å². The van der Waals surface area contributed by atoms with Crippen LogP contribution in [0.15, 0.2) is 22.8 Å². The van der Waals surface area contributed by atoms with Crippen molar-refractivity contribution in [3.05, 3.63) is 23.4 Å². The predicted octanol–water partition coefficient (Wildman–Crippen LogP) is -9.92. The average molecular weight is 1300 g/mol. The Morgan fingerprint density at radius 1 is 0.750 bits per heavy atom. The van der Waals surface area contributed by atoms with Gasteiger partial charge in [0, 0.05) is 64.0 Å². The van der Waals surface area contributed by atoms with Crippen LogP contribution in [0.1, 0.15) is 96.5 Å². The number of carbonyl (C=O) groups excluding carboxylic acids is 14.